The minimum atomic E-state index is -0.645. The third-order valence-corrected chi connectivity index (χ3v) is 4.69. The quantitative estimate of drug-likeness (QED) is 0.455. The van der Waals surface area contributed by atoms with E-state index in [0.29, 0.717) is 12.8 Å². The number of allylic oxidation sites excluding steroid dienone is 1. The Morgan fingerprint density at radius 1 is 1.48 bits per heavy atom. The molecule has 0 amide bonds. The maximum atomic E-state index is 12.2. The Kier molecular flexibility index (Phi) is 6.56. The van der Waals surface area contributed by atoms with Crippen LogP contribution < -0.4 is 0 Å². The SMILES string of the molecule is C=C1C(=O)O[C@@H]2/C=C(\CO)CC/C=C(\C)C[C@H](OC(=O)[C@@H](C)CO)[C@@H]12. The molecule has 1 aliphatic heterocycles. The molecule has 1 heterocycles. The topological polar surface area (TPSA) is 93.1 Å². The zero-order valence-corrected chi connectivity index (χ0v) is 14.7. The number of carbonyl (C=O) groups excluding carboxylic acids is 2. The third kappa shape index (κ3) is 4.58. The van der Waals surface area contributed by atoms with Crippen LogP contribution in [0.4, 0.5) is 0 Å². The van der Waals surface area contributed by atoms with Gasteiger partial charge in [-0.15, -0.1) is 0 Å². The van der Waals surface area contributed by atoms with Crippen molar-refractivity contribution in [1.82, 2.24) is 0 Å². The average Bonchev–Trinajstić information content (AvgIpc) is 2.86. The van der Waals surface area contributed by atoms with Crippen molar-refractivity contribution in [3.8, 4) is 0 Å². The molecule has 0 aromatic rings. The van der Waals surface area contributed by atoms with Gasteiger partial charge in [-0.25, -0.2) is 4.79 Å². The highest BCUT2D eigenvalue weighted by Crippen LogP contribution is 2.36. The summed E-state index contributed by atoms with van der Waals surface area (Å²) in [5.74, 6) is -2.19. The molecule has 25 heavy (non-hydrogen) atoms. The van der Waals surface area contributed by atoms with Crippen LogP contribution in [0.25, 0.3) is 0 Å². The molecule has 2 rings (SSSR count). The number of aliphatic hydroxyl groups excluding tert-OH is 2. The Hall–Kier alpha value is -1.92. The first-order chi connectivity index (χ1) is 11.9. The van der Waals surface area contributed by atoms with Gasteiger partial charge in [-0.3, -0.25) is 4.79 Å². The van der Waals surface area contributed by atoms with Crippen molar-refractivity contribution in [3.05, 3.63) is 35.5 Å². The summed E-state index contributed by atoms with van der Waals surface area (Å²) in [6.45, 7) is 6.91. The minimum absolute atomic E-state index is 0.119. The molecule has 0 aromatic carbocycles. The van der Waals surface area contributed by atoms with Crippen LogP contribution in [0.15, 0.2) is 35.5 Å². The maximum Gasteiger partial charge on any atom is 0.334 e. The lowest BCUT2D eigenvalue weighted by Gasteiger charge is -2.28. The summed E-state index contributed by atoms with van der Waals surface area (Å²) in [4.78, 5) is 24.2. The predicted octanol–water partition coefficient (Wildman–Crippen LogP) is 1.67. The summed E-state index contributed by atoms with van der Waals surface area (Å²) in [7, 11) is 0. The van der Waals surface area contributed by atoms with Crippen LogP contribution in [0.1, 0.15) is 33.1 Å². The van der Waals surface area contributed by atoms with Crippen LogP contribution in [0.2, 0.25) is 0 Å². The molecule has 2 aliphatic rings. The van der Waals surface area contributed by atoms with E-state index in [0.717, 1.165) is 17.6 Å². The molecular weight excluding hydrogens is 324 g/mol. The smallest absolute Gasteiger partial charge is 0.334 e. The molecule has 1 aliphatic carbocycles. The molecule has 6 nitrogen and oxygen atoms in total. The van der Waals surface area contributed by atoms with Gasteiger partial charge in [-0.1, -0.05) is 18.2 Å². The summed E-state index contributed by atoms with van der Waals surface area (Å²) >= 11 is 0. The lowest BCUT2D eigenvalue weighted by Crippen LogP contribution is -2.35. The molecule has 2 N–H and O–H groups in total. The molecule has 0 aromatic heterocycles. The number of hydrogen-bond acceptors (Lipinski definition) is 6. The Bertz CT molecular complexity index is 603. The molecule has 0 spiro atoms. The third-order valence-electron chi connectivity index (χ3n) is 4.69. The first kappa shape index (κ1) is 19.4. The van der Waals surface area contributed by atoms with Crippen LogP contribution in [0.3, 0.4) is 0 Å². The van der Waals surface area contributed by atoms with Gasteiger partial charge in [-0.05, 0) is 38.3 Å². The highest BCUT2D eigenvalue weighted by Gasteiger charge is 2.44. The minimum Gasteiger partial charge on any atom is -0.461 e. The number of esters is 2. The van der Waals surface area contributed by atoms with Crippen LogP contribution >= 0.6 is 0 Å². The van der Waals surface area contributed by atoms with Gasteiger partial charge in [0.15, 0.2) is 0 Å². The first-order valence-corrected chi connectivity index (χ1v) is 8.54. The van der Waals surface area contributed by atoms with Crippen LogP contribution in [-0.4, -0.2) is 47.6 Å². The normalized spacial score (nSPS) is 32.6. The molecular formula is C19H26O6. The largest absolute Gasteiger partial charge is 0.461 e. The Morgan fingerprint density at radius 2 is 2.20 bits per heavy atom. The Morgan fingerprint density at radius 3 is 2.84 bits per heavy atom. The molecule has 0 saturated carbocycles. The van der Waals surface area contributed by atoms with Gasteiger partial charge in [0.2, 0.25) is 0 Å². The fraction of sp³-hybridized carbons (Fsp3) is 0.579. The second-order valence-corrected chi connectivity index (χ2v) is 6.76. The van der Waals surface area contributed by atoms with E-state index in [1.54, 1.807) is 13.0 Å². The van der Waals surface area contributed by atoms with Crippen molar-refractivity contribution >= 4 is 11.9 Å². The number of ether oxygens (including phenoxy) is 2. The fourth-order valence-corrected chi connectivity index (χ4v) is 3.11. The summed E-state index contributed by atoms with van der Waals surface area (Å²) in [6, 6.07) is 0. The molecule has 4 atom stereocenters. The van der Waals surface area contributed by atoms with Crippen molar-refractivity contribution in [2.24, 2.45) is 11.8 Å². The van der Waals surface area contributed by atoms with Crippen LogP contribution in [0, 0.1) is 11.8 Å². The summed E-state index contributed by atoms with van der Waals surface area (Å²) in [5.41, 5.74) is 2.07. The van der Waals surface area contributed by atoms with Crippen molar-refractivity contribution in [3.63, 3.8) is 0 Å². The lowest BCUT2D eigenvalue weighted by atomic mass is 9.85. The summed E-state index contributed by atoms with van der Waals surface area (Å²) < 4.78 is 11.0. The second-order valence-electron chi connectivity index (χ2n) is 6.76. The molecule has 1 saturated heterocycles. The van der Waals surface area contributed by atoms with Gasteiger partial charge in [0.1, 0.15) is 12.2 Å². The second kappa shape index (κ2) is 8.45. The van der Waals surface area contributed by atoms with Crippen LogP contribution in [-0.2, 0) is 19.1 Å². The number of hydrogen-bond donors (Lipinski definition) is 2. The molecule has 6 heteroatoms. The average molecular weight is 350 g/mol. The van der Waals surface area contributed by atoms with E-state index in [2.05, 4.69) is 6.58 Å². The van der Waals surface area contributed by atoms with E-state index in [-0.39, 0.29) is 18.8 Å². The van der Waals surface area contributed by atoms with Gasteiger partial charge in [0.25, 0.3) is 0 Å². The molecule has 138 valence electrons. The predicted molar refractivity (Wildman–Crippen MR) is 91.4 cm³/mol. The Labute approximate surface area is 147 Å². The highest BCUT2D eigenvalue weighted by molar-refractivity contribution is 5.91. The standard InChI is InChI=1S/C19H26O6/c1-11-5-4-6-14(10-21)8-16-17(13(3)19(23)25-16)15(7-11)24-18(22)12(2)9-20/h5,8,12,15-17,20-21H,3-4,6-7,9-10H2,1-2H3/b11-5+,14-8-/t12-,15-,16+,17+/m0/s1. The highest BCUT2D eigenvalue weighted by atomic mass is 16.6. The van der Waals surface area contributed by atoms with Crippen LogP contribution in [0.5, 0.6) is 0 Å². The van der Waals surface area contributed by atoms with Crippen molar-refractivity contribution < 1.29 is 29.3 Å². The van der Waals surface area contributed by atoms with Gasteiger partial charge >= 0.3 is 11.9 Å². The van der Waals surface area contributed by atoms with Gasteiger partial charge in [-0.2, -0.15) is 0 Å². The van der Waals surface area contributed by atoms with Gasteiger partial charge < -0.3 is 19.7 Å². The molecule has 1 fully saturated rings. The summed E-state index contributed by atoms with van der Waals surface area (Å²) in [6.07, 6.45) is 4.44. The lowest BCUT2D eigenvalue weighted by molar-refractivity contribution is -0.157. The first-order valence-electron chi connectivity index (χ1n) is 8.54. The number of fused-ring (bicyclic) bond motifs is 1. The van der Waals surface area contributed by atoms with Gasteiger partial charge in [0.05, 0.1) is 25.0 Å². The zero-order valence-electron chi connectivity index (χ0n) is 14.7. The zero-order chi connectivity index (χ0) is 18.6. The van der Waals surface area contributed by atoms with E-state index in [4.69, 9.17) is 9.47 Å². The van der Waals surface area contributed by atoms with E-state index in [1.807, 2.05) is 13.0 Å². The molecule has 0 radical (unpaired) electrons. The van der Waals surface area contributed by atoms with Crippen molar-refractivity contribution in [1.29, 1.82) is 0 Å². The Balaban J connectivity index is 2.37. The molecule has 0 unspecified atom stereocenters. The van der Waals surface area contributed by atoms with Crippen molar-refractivity contribution in [2.45, 2.75) is 45.3 Å². The van der Waals surface area contributed by atoms with E-state index in [9.17, 15) is 19.8 Å². The number of rotatable bonds is 4. The molecule has 0 bridgehead atoms. The monoisotopic (exact) mass is 350 g/mol. The maximum absolute atomic E-state index is 12.2. The number of carbonyl (C=O) groups is 2. The summed E-state index contributed by atoms with van der Waals surface area (Å²) in [5, 5.41) is 18.7. The fourth-order valence-electron chi connectivity index (χ4n) is 3.11. The number of aliphatic hydroxyl groups is 2. The van der Waals surface area contributed by atoms with Crippen molar-refractivity contribution in [2.75, 3.05) is 13.2 Å². The van der Waals surface area contributed by atoms with E-state index in [1.165, 1.54) is 0 Å². The van der Waals surface area contributed by atoms with E-state index >= 15 is 0 Å². The van der Waals surface area contributed by atoms with E-state index < -0.39 is 36.0 Å². The van der Waals surface area contributed by atoms with Gasteiger partial charge in [0, 0.05) is 12.0 Å².